The van der Waals surface area contributed by atoms with E-state index in [0.29, 0.717) is 16.3 Å². The maximum absolute atomic E-state index is 13.7. The zero-order chi connectivity index (χ0) is 14.9. The van der Waals surface area contributed by atoms with Crippen molar-refractivity contribution in [3.63, 3.8) is 0 Å². The summed E-state index contributed by atoms with van der Waals surface area (Å²) in [5.41, 5.74) is 7.34. The molecule has 0 saturated heterocycles. The van der Waals surface area contributed by atoms with Crippen LogP contribution in [0.25, 0.3) is 0 Å². The van der Waals surface area contributed by atoms with E-state index in [9.17, 15) is 8.78 Å². The van der Waals surface area contributed by atoms with Gasteiger partial charge in [0.15, 0.2) is 0 Å². The predicted octanol–water partition coefficient (Wildman–Crippen LogP) is 2.81. The first kappa shape index (κ1) is 14.4. The second kappa shape index (κ2) is 5.54. The van der Waals surface area contributed by atoms with Crippen LogP contribution >= 0.6 is 11.8 Å². The molecular formula is C13H12F2N4S. The largest absolute Gasteiger partial charge is 0.384 e. The van der Waals surface area contributed by atoms with E-state index in [1.54, 1.807) is 13.8 Å². The van der Waals surface area contributed by atoms with Crippen molar-refractivity contribution >= 4 is 17.6 Å². The molecule has 104 valence electrons. The van der Waals surface area contributed by atoms with Gasteiger partial charge in [-0.1, -0.05) is 11.8 Å². The first-order valence-electron chi connectivity index (χ1n) is 5.71. The molecule has 0 aliphatic carbocycles. The molecule has 1 aromatic heterocycles. The van der Waals surface area contributed by atoms with E-state index in [1.807, 2.05) is 0 Å². The minimum atomic E-state index is -0.690. The number of nitrogens with one attached hydrogen (secondary N) is 1. The van der Waals surface area contributed by atoms with Gasteiger partial charge in [0.2, 0.25) is 0 Å². The van der Waals surface area contributed by atoms with Crippen LogP contribution in [0.5, 0.6) is 0 Å². The van der Waals surface area contributed by atoms with Gasteiger partial charge in [-0.05, 0) is 31.5 Å². The summed E-state index contributed by atoms with van der Waals surface area (Å²) < 4.78 is 26.5. The Morgan fingerprint density at radius 3 is 2.55 bits per heavy atom. The minimum absolute atomic E-state index is 0.162. The SMILES string of the molecule is Cc1nnc(Sc2ccc(F)cc2F)c(C(=N)N)c1C. The quantitative estimate of drug-likeness (QED) is 0.674. The fourth-order valence-corrected chi connectivity index (χ4v) is 2.59. The van der Waals surface area contributed by atoms with Gasteiger partial charge in [0.25, 0.3) is 0 Å². The normalized spacial score (nSPS) is 10.6. The van der Waals surface area contributed by atoms with Crippen LogP contribution < -0.4 is 5.73 Å². The highest BCUT2D eigenvalue weighted by molar-refractivity contribution is 7.99. The number of nitrogens with zero attached hydrogens (tertiary/aromatic N) is 2. The number of nitrogen functional groups attached to an aromatic ring is 1. The van der Waals surface area contributed by atoms with Crippen LogP contribution in [-0.4, -0.2) is 16.0 Å². The minimum Gasteiger partial charge on any atom is -0.384 e. The van der Waals surface area contributed by atoms with Crippen LogP contribution in [0.1, 0.15) is 16.8 Å². The number of aromatic nitrogens is 2. The zero-order valence-corrected chi connectivity index (χ0v) is 11.7. The molecule has 0 spiro atoms. The Hall–Kier alpha value is -2.02. The van der Waals surface area contributed by atoms with Gasteiger partial charge in [0, 0.05) is 11.0 Å². The molecule has 1 heterocycles. The van der Waals surface area contributed by atoms with Crippen molar-refractivity contribution in [1.82, 2.24) is 10.2 Å². The first-order chi connectivity index (χ1) is 9.40. The van der Waals surface area contributed by atoms with Crippen LogP contribution in [0.4, 0.5) is 8.78 Å². The van der Waals surface area contributed by atoms with Crippen molar-refractivity contribution in [2.24, 2.45) is 5.73 Å². The lowest BCUT2D eigenvalue weighted by Crippen LogP contribution is -2.16. The van der Waals surface area contributed by atoms with E-state index in [-0.39, 0.29) is 10.7 Å². The number of hydrogen-bond donors (Lipinski definition) is 2. The molecule has 20 heavy (non-hydrogen) atoms. The lowest BCUT2D eigenvalue weighted by Gasteiger charge is -2.11. The molecule has 7 heteroatoms. The van der Waals surface area contributed by atoms with Gasteiger partial charge in [0.05, 0.1) is 11.3 Å². The van der Waals surface area contributed by atoms with Gasteiger partial charge in [-0.25, -0.2) is 8.78 Å². The standard InChI is InChI=1S/C13H12F2N4S/c1-6-7(2)18-19-13(11(6)12(16)17)20-10-4-3-8(14)5-9(10)15/h3-5H,1-2H3,(H3,16,17). The molecule has 1 aromatic carbocycles. The molecule has 0 aliphatic rings. The number of aryl methyl sites for hydroxylation is 1. The van der Waals surface area contributed by atoms with Gasteiger partial charge in [0.1, 0.15) is 22.5 Å². The third-order valence-corrected chi connectivity index (χ3v) is 3.82. The lowest BCUT2D eigenvalue weighted by molar-refractivity contribution is 0.565. The number of rotatable bonds is 3. The Kier molecular flexibility index (Phi) is 3.99. The summed E-state index contributed by atoms with van der Waals surface area (Å²) in [6.07, 6.45) is 0. The molecule has 0 saturated carbocycles. The van der Waals surface area contributed by atoms with Gasteiger partial charge >= 0.3 is 0 Å². The topological polar surface area (TPSA) is 75.7 Å². The number of hydrogen-bond acceptors (Lipinski definition) is 4. The molecule has 4 nitrogen and oxygen atoms in total. The molecule has 3 N–H and O–H groups in total. The summed E-state index contributed by atoms with van der Waals surface area (Å²) in [5.74, 6) is -1.50. The van der Waals surface area contributed by atoms with Crippen LogP contribution in [0.2, 0.25) is 0 Å². The van der Waals surface area contributed by atoms with Crippen LogP contribution in [0.3, 0.4) is 0 Å². The van der Waals surface area contributed by atoms with E-state index in [0.717, 1.165) is 29.5 Å². The molecule has 0 fully saturated rings. The molecule has 0 unspecified atom stereocenters. The second-order valence-corrected chi connectivity index (χ2v) is 5.21. The molecule has 0 aliphatic heterocycles. The van der Waals surface area contributed by atoms with Crippen LogP contribution in [-0.2, 0) is 0 Å². The third-order valence-electron chi connectivity index (χ3n) is 2.79. The molecule has 0 bridgehead atoms. The lowest BCUT2D eigenvalue weighted by atomic mass is 10.1. The summed E-state index contributed by atoms with van der Waals surface area (Å²) in [6, 6.07) is 3.27. The van der Waals surface area contributed by atoms with Crippen molar-refractivity contribution in [1.29, 1.82) is 5.41 Å². The Balaban J connectivity index is 2.48. The van der Waals surface area contributed by atoms with E-state index in [1.165, 1.54) is 6.07 Å². The number of amidine groups is 1. The Morgan fingerprint density at radius 2 is 1.95 bits per heavy atom. The summed E-state index contributed by atoms with van der Waals surface area (Å²) in [5, 5.41) is 15.8. The summed E-state index contributed by atoms with van der Waals surface area (Å²) in [7, 11) is 0. The fourth-order valence-electron chi connectivity index (χ4n) is 1.64. The van der Waals surface area contributed by atoms with E-state index in [2.05, 4.69) is 10.2 Å². The van der Waals surface area contributed by atoms with Crippen molar-refractivity contribution in [3.8, 4) is 0 Å². The Morgan fingerprint density at radius 1 is 1.25 bits per heavy atom. The summed E-state index contributed by atoms with van der Waals surface area (Å²) in [6.45, 7) is 3.52. The van der Waals surface area contributed by atoms with Gasteiger partial charge < -0.3 is 5.73 Å². The second-order valence-electron chi connectivity index (χ2n) is 4.18. The summed E-state index contributed by atoms with van der Waals surface area (Å²) in [4.78, 5) is 0.200. The van der Waals surface area contributed by atoms with E-state index >= 15 is 0 Å². The maximum Gasteiger partial charge on any atom is 0.140 e. The third kappa shape index (κ3) is 2.77. The summed E-state index contributed by atoms with van der Waals surface area (Å²) >= 11 is 0.965. The first-order valence-corrected chi connectivity index (χ1v) is 6.53. The number of halogens is 2. The molecule has 0 amide bonds. The molecule has 2 rings (SSSR count). The van der Waals surface area contributed by atoms with Gasteiger partial charge in [-0.15, -0.1) is 5.10 Å². The van der Waals surface area contributed by atoms with E-state index < -0.39 is 11.6 Å². The maximum atomic E-state index is 13.7. The van der Waals surface area contributed by atoms with Crippen LogP contribution in [0.15, 0.2) is 28.1 Å². The highest BCUT2D eigenvalue weighted by Crippen LogP contribution is 2.32. The van der Waals surface area contributed by atoms with Gasteiger partial charge in [-0.2, -0.15) is 5.10 Å². The zero-order valence-electron chi connectivity index (χ0n) is 10.9. The fraction of sp³-hybridized carbons (Fsp3) is 0.154. The van der Waals surface area contributed by atoms with Gasteiger partial charge in [-0.3, -0.25) is 5.41 Å². The molecule has 0 atom stereocenters. The van der Waals surface area contributed by atoms with Crippen molar-refractivity contribution in [2.75, 3.05) is 0 Å². The molecule has 2 aromatic rings. The predicted molar refractivity (Wildman–Crippen MR) is 73.0 cm³/mol. The average molecular weight is 294 g/mol. The molecular weight excluding hydrogens is 282 g/mol. The number of nitrogens with two attached hydrogens (primary N) is 1. The highest BCUT2D eigenvalue weighted by Gasteiger charge is 2.16. The van der Waals surface area contributed by atoms with Crippen LogP contribution in [0, 0.1) is 30.9 Å². The Labute approximate surface area is 118 Å². The van der Waals surface area contributed by atoms with Crippen molar-refractivity contribution in [2.45, 2.75) is 23.8 Å². The Bertz CT molecular complexity index is 688. The monoisotopic (exact) mass is 294 g/mol. The molecule has 0 radical (unpaired) electrons. The smallest absolute Gasteiger partial charge is 0.140 e. The average Bonchev–Trinajstić information content (AvgIpc) is 2.36. The number of benzene rings is 1. The van der Waals surface area contributed by atoms with E-state index in [4.69, 9.17) is 11.1 Å². The van der Waals surface area contributed by atoms with Crippen molar-refractivity contribution < 1.29 is 8.78 Å². The highest BCUT2D eigenvalue weighted by atomic mass is 32.2. The van der Waals surface area contributed by atoms with Crippen molar-refractivity contribution in [3.05, 3.63) is 46.7 Å².